The summed E-state index contributed by atoms with van der Waals surface area (Å²) in [5, 5.41) is 0. The first-order valence-corrected chi connectivity index (χ1v) is 3.28. The highest BCUT2D eigenvalue weighted by atomic mass is 32.1. The molecule has 2 nitrogen and oxygen atoms in total. The molecule has 0 aromatic rings. The van der Waals surface area contributed by atoms with Gasteiger partial charge in [0.25, 0.3) is 0 Å². The van der Waals surface area contributed by atoms with E-state index in [4.69, 9.17) is 0 Å². The molecule has 0 saturated carbocycles. The number of cyclic esters (lactones) is 1. The third-order valence-electron chi connectivity index (χ3n) is 1.33. The topological polar surface area (TPSA) is 26.3 Å². The van der Waals surface area contributed by atoms with Crippen LogP contribution in [0, 0.1) is 0 Å². The van der Waals surface area contributed by atoms with Gasteiger partial charge >= 0.3 is 5.97 Å². The van der Waals surface area contributed by atoms with Gasteiger partial charge in [-0.1, -0.05) is 6.92 Å². The molecule has 0 amide bonds. The average molecular weight is 144 g/mol. The molecule has 3 heteroatoms. The Morgan fingerprint density at radius 1 is 1.78 bits per heavy atom. The molecule has 0 aromatic heterocycles. The van der Waals surface area contributed by atoms with Crippen molar-refractivity contribution in [2.45, 2.75) is 13.3 Å². The predicted octanol–water partition coefficient (Wildman–Crippen LogP) is 1.14. The van der Waals surface area contributed by atoms with Crippen LogP contribution >= 0.6 is 12.6 Å². The van der Waals surface area contributed by atoms with Crippen LogP contribution in [0.25, 0.3) is 0 Å². The second-order valence-corrected chi connectivity index (χ2v) is 2.33. The van der Waals surface area contributed by atoms with Gasteiger partial charge in [0.2, 0.25) is 0 Å². The molecule has 0 atom stereocenters. The van der Waals surface area contributed by atoms with Gasteiger partial charge < -0.3 is 4.74 Å². The lowest BCUT2D eigenvalue weighted by Gasteiger charge is -1.89. The summed E-state index contributed by atoms with van der Waals surface area (Å²) in [5.41, 5.74) is 1.00. The minimum Gasteiger partial charge on any atom is -0.457 e. The van der Waals surface area contributed by atoms with Crippen LogP contribution in [0.5, 0.6) is 0 Å². The fourth-order valence-corrected chi connectivity index (χ4v) is 0.990. The highest BCUT2D eigenvalue weighted by Gasteiger charge is 2.19. The zero-order valence-corrected chi connectivity index (χ0v) is 6.07. The van der Waals surface area contributed by atoms with Crippen molar-refractivity contribution in [1.29, 1.82) is 0 Å². The largest absolute Gasteiger partial charge is 0.457 e. The van der Waals surface area contributed by atoms with Crippen LogP contribution in [-0.4, -0.2) is 12.6 Å². The maximum atomic E-state index is 10.6. The molecule has 1 heterocycles. The normalized spacial score (nSPS) is 18.7. The van der Waals surface area contributed by atoms with E-state index in [9.17, 15) is 4.79 Å². The molecule has 0 spiro atoms. The second kappa shape index (κ2) is 2.43. The van der Waals surface area contributed by atoms with E-state index < -0.39 is 0 Å². The maximum absolute atomic E-state index is 10.6. The molecular weight excluding hydrogens is 136 g/mol. The maximum Gasteiger partial charge on any atom is 0.344 e. The van der Waals surface area contributed by atoms with Crippen molar-refractivity contribution in [3.05, 3.63) is 10.5 Å². The van der Waals surface area contributed by atoms with Crippen molar-refractivity contribution in [2.24, 2.45) is 0 Å². The number of carbonyl (C=O) groups excluding carboxylic acids is 1. The standard InChI is InChI=1S/C6H8O2S/c1-2-4-3-8-6(7)5(4)9/h9H,2-3H2,1H3. The van der Waals surface area contributed by atoms with Crippen molar-refractivity contribution in [2.75, 3.05) is 6.61 Å². The van der Waals surface area contributed by atoms with Gasteiger partial charge in [0.05, 0.1) is 4.91 Å². The third-order valence-corrected chi connectivity index (χ3v) is 1.83. The third kappa shape index (κ3) is 1.10. The molecule has 50 valence electrons. The van der Waals surface area contributed by atoms with Gasteiger partial charge in [0, 0.05) is 0 Å². The van der Waals surface area contributed by atoms with Gasteiger partial charge in [0.1, 0.15) is 6.61 Å². The van der Waals surface area contributed by atoms with Crippen LogP contribution in [0.3, 0.4) is 0 Å². The molecule has 9 heavy (non-hydrogen) atoms. The zero-order chi connectivity index (χ0) is 6.85. The Bertz CT molecular complexity index is 172. The Morgan fingerprint density at radius 2 is 2.44 bits per heavy atom. The molecular formula is C6H8O2S. The van der Waals surface area contributed by atoms with E-state index in [-0.39, 0.29) is 5.97 Å². The van der Waals surface area contributed by atoms with E-state index in [1.165, 1.54) is 0 Å². The van der Waals surface area contributed by atoms with Gasteiger partial charge in [-0.05, 0) is 12.0 Å². The number of carbonyl (C=O) groups is 1. The van der Waals surface area contributed by atoms with E-state index in [0.717, 1.165) is 12.0 Å². The van der Waals surface area contributed by atoms with Crippen molar-refractivity contribution >= 4 is 18.6 Å². The molecule has 1 rings (SSSR count). The van der Waals surface area contributed by atoms with Crippen molar-refractivity contribution in [3.63, 3.8) is 0 Å². The molecule has 0 aromatic carbocycles. The van der Waals surface area contributed by atoms with E-state index in [0.29, 0.717) is 11.5 Å². The lowest BCUT2D eigenvalue weighted by atomic mass is 10.2. The minimum absolute atomic E-state index is 0.282. The Labute approximate surface area is 59.3 Å². The summed E-state index contributed by atoms with van der Waals surface area (Å²) in [7, 11) is 0. The van der Waals surface area contributed by atoms with E-state index in [2.05, 4.69) is 17.4 Å². The summed E-state index contributed by atoms with van der Waals surface area (Å²) in [4.78, 5) is 11.1. The Morgan fingerprint density at radius 3 is 2.67 bits per heavy atom. The number of hydrogen-bond acceptors (Lipinski definition) is 3. The van der Waals surface area contributed by atoms with Gasteiger partial charge in [-0.3, -0.25) is 0 Å². The number of esters is 1. The van der Waals surface area contributed by atoms with E-state index >= 15 is 0 Å². The Kier molecular flexibility index (Phi) is 1.81. The number of hydrogen-bond donors (Lipinski definition) is 1. The first-order valence-electron chi connectivity index (χ1n) is 2.83. The summed E-state index contributed by atoms with van der Waals surface area (Å²) < 4.78 is 4.68. The fourth-order valence-electron chi connectivity index (χ4n) is 0.703. The molecule has 0 radical (unpaired) electrons. The molecule has 0 saturated heterocycles. The Hall–Kier alpha value is -0.440. The molecule has 0 aliphatic carbocycles. The minimum atomic E-state index is -0.282. The van der Waals surface area contributed by atoms with Gasteiger partial charge in [-0.2, -0.15) is 0 Å². The van der Waals surface area contributed by atoms with Crippen molar-refractivity contribution in [3.8, 4) is 0 Å². The van der Waals surface area contributed by atoms with Crippen LogP contribution in [0.15, 0.2) is 10.5 Å². The summed E-state index contributed by atoms with van der Waals surface area (Å²) in [6, 6.07) is 0. The van der Waals surface area contributed by atoms with Crippen molar-refractivity contribution < 1.29 is 9.53 Å². The van der Waals surface area contributed by atoms with Crippen LogP contribution in [0.1, 0.15) is 13.3 Å². The predicted molar refractivity (Wildman–Crippen MR) is 37.3 cm³/mol. The molecule has 0 fully saturated rings. The lowest BCUT2D eigenvalue weighted by molar-refractivity contribution is -0.135. The summed E-state index contributed by atoms with van der Waals surface area (Å²) in [5.74, 6) is -0.282. The van der Waals surface area contributed by atoms with Gasteiger partial charge in [-0.15, -0.1) is 12.6 Å². The van der Waals surface area contributed by atoms with Crippen molar-refractivity contribution in [1.82, 2.24) is 0 Å². The molecule has 0 N–H and O–H groups in total. The number of rotatable bonds is 1. The molecule has 0 bridgehead atoms. The summed E-state index contributed by atoms with van der Waals surface area (Å²) in [6.45, 7) is 2.42. The quantitative estimate of drug-likeness (QED) is 0.441. The second-order valence-electron chi connectivity index (χ2n) is 1.88. The smallest absolute Gasteiger partial charge is 0.344 e. The van der Waals surface area contributed by atoms with Gasteiger partial charge in [0.15, 0.2) is 0 Å². The number of thiol groups is 1. The van der Waals surface area contributed by atoms with E-state index in [1.807, 2.05) is 6.92 Å². The lowest BCUT2D eigenvalue weighted by Crippen LogP contribution is -1.93. The zero-order valence-electron chi connectivity index (χ0n) is 5.18. The molecule has 1 aliphatic heterocycles. The highest BCUT2D eigenvalue weighted by molar-refractivity contribution is 7.85. The van der Waals surface area contributed by atoms with Crippen LogP contribution in [-0.2, 0) is 9.53 Å². The number of ether oxygens (including phenoxy) is 1. The van der Waals surface area contributed by atoms with Crippen LogP contribution in [0.2, 0.25) is 0 Å². The Balaban J connectivity index is 2.79. The SMILES string of the molecule is CCC1=C(S)C(=O)OC1. The fraction of sp³-hybridized carbons (Fsp3) is 0.500. The van der Waals surface area contributed by atoms with Crippen LogP contribution < -0.4 is 0 Å². The van der Waals surface area contributed by atoms with Gasteiger partial charge in [-0.25, -0.2) is 4.79 Å². The average Bonchev–Trinajstić information content (AvgIpc) is 2.15. The highest BCUT2D eigenvalue weighted by Crippen LogP contribution is 2.20. The monoisotopic (exact) mass is 144 g/mol. The summed E-state index contributed by atoms with van der Waals surface area (Å²) >= 11 is 3.97. The first kappa shape index (κ1) is 6.68. The summed E-state index contributed by atoms with van der Waals surface area (Å²) in [6.07, 6.45) is 0.852. The van der Waals surface area contributed by atoms with Crippen LogP contribution in [0.4, 0.5) is 0 Å². The molecule has 1 aliphatic rings. The van der Waals surface area contributed by atoms with E-state index in [1.54, 1.807) is 0 Å². The molecule has 0 unspecified atom stereocenters. The first-order chi connectivity index (χ1) is 4.25.